The number of likely N-dealkylation sites (N-methyl/N-ethyl adjacent to an activating group) is 1. The third-order valence-electron chi connectivity index (χ3n) is 14.7. The smallest absolute Gasteiger partial charge is 0.409 e. The van der Waals surface area contributed by atoms with Crippen LogP contribution < -0.4 is 42.4 Å². The molecule has 0 unspecified atom stereocenters. The van der Waals surface area contributed by atoms with Crippen LogP contribution in [0.4, 0.5) is 21.9 Å². The van der Waals surface area contributed by atoms with E-state index in [0.717, 1.165) is 34.3 Å². The van der Waals surface area contributed by atoms with Gasteiger partial charge in [0.25, 0.3) is 23.6 Å². The van der Waals surface area contributed by atoms with Gasteiger partial charge < -0.3 is 57.2 Å². The van der Waals surface area contributed by atoms with E-state index in [4.69, 9.17) is 27.8 Å². The molecule has 4 aromatic carbocycles. The number of alkyl halides is 1. The highest BCUT2D eigenvalue weighted by Gasteiger charge is 2.36. The Hall–Kier alpha value is -7.49. The lowest BCUT2D eigenvalue weighted by Crippen LogP contribution is -2.48. The van der Waals surface area contributed by atoms with E-state index < -0.39 is 35.8 Å². The van der Waals surface area contributed by atoms with Gasteiger partial charge in [-0.2, -0.15) is 0 Å². The predicted molar refractivity (Wildman–Crippen MR) is 304 cm³/mol. The van der Waals surface area contributed by atoms with Gasteiger partial charge in [-0.1, -0.05) is 37.1 Å². The van der Waals surface area contributed by atoms with Gasteiger partial charge in [0.1, 0.15) is 11.4 Å². The molecule has 1 fully saturated rings. The van der Waals surface area contributed by atoms with E-state index in [2.05, 4.69) is 31.2 Å². The molecule has 9 N–H and O–H groups in total. The Bertz CT molecular complexity index is 3060. The lowest BCUT2D eigenvalue weighted by Gasteiger charge is -2.31. The number of halogens is 1. The number of hydrogen-bond acceptors (Lipinski definition) is 13. The van der Waals surface area contributed by atoms with E-state index in [1.54, 1.807) is 64.4 Å². The summed E-state index contributed by atoms with van der Waals surface area (Å²) in [6.07, 6.45) is 6.04. The molecule has 0 spiro atoms. The molecule has 79 heavy (non-hydrogen) atoms. The van der Waals surface area contributed by atoms with Crippen molar-refractivity contribution in [3.05, 3.63) is 108 Å². The Kier molecular flexibility index (Phi) is 20.0. The fourth-order valence-electron chi connectivity index (χ4n) is 10.3. The van der Waals surface area contributed by atoms with Crippen LogP contribution >= 0.6 is 11.6 Å². The summed E-state index contributed by atoms with van der Waals surface area (Å²) >= 11 is 6.57. The molecule has 0 aliphatic carbocycles. The molecular weight excluding hydrogens is 1030 g/mol. The highest BCUT2D eigenvalue weighted by molar-refractivity contribution is 6.19. The van der Waals surface area contributed by atoms with E-state index >= 15 is 0 Å². The van der Waals surface area contributed by atoms with Crippen LogP contribution in [0.25, 0.3) is 21.7 Å². The number of carbonyl (C=O) groups is 8. The fourth-order valence-corrected chi connectivity index (χ4v) is 10.5. The Morgan fingerprint density at radius 3 is 2.19 bits per heavy atom. The molecule has 3 aliphatic heterocycles. The molecule has 5 aromatic rings. The number of H-pyrrole nitrogens is 1. The Balaban J connectivity index is 0.867. The number of aromatic nitrogens is 1. The Morgan fingerprint density at radius 1 is 0.785 bits per heavy atom. The first kappa shape index (κ1) is 57.7. The van der Waals surface area contributed by atoms with Crippen molar-refractivity contribution in [3.8, 4) is 5.75 Å². The number of nitrogens with zero attached hydrogens (tertiary/aromatic N) is 4. The normalized spacial score (nSPS) is 16.1. The number of nitrogens with two attached hydrogens (primary N) is 2. The minimum atomic E-state index is -0.657. The molecule has 8 rings (SSSR count). The quantitative estimate of drug-likeness (QED) is 0.0195. The number of nitrogens with one attached hydrogen (secondary N) is 5. The maximum atomic E-state index is 14.5. The summed E-state index contributed by atoms with van der Waals surface area (Å²) in [4.78, 5) is 115. The molecule has 1 aromatic heterocycles. The van der Waals surface area contributed by atoms with Gasteiger partial charge in [-0.25, -0.2) is 4.79 Å². The molecular formula is C58H70ClN11O9. The number of amides is 7. The average molecular weight is 1100 g/mol. The van der Waals surface area contributed by atoms with Crippen molar-refractivity contribution in [2.24, 2.45) is 17.4 Å². The topological polar surface area (TPSA) is 275 Å². The first-order valence-corrected chi connectivity index (χ1v) is 27.7. The summed E-state index contributed by atoms with van der Waals surface area (Å²) in [5.74, 6) is -2.39. The number of benzene rings is 4. The predicted octanol–water partition coefficient (Wildman–Crippen LogP) is 5.85. The lowest BCUT2D eigenvalue weighted by molar-refractivity contribution is -0.137. The number of unbranched alkanes of at least 4 members (excludes halogenated alkanes) is 2. The fraction of sp³-hybridized carbons (Fsp3) is 0.414. The number of Topliss-reactive ketones (excluding diaryl/α,β-unsaturated/α-hetero) is 1. The molecule has 20 nitrogen and oxygen atoms in total. The van der Waals surface area contributed by atoms with Gasteiger partial charge in [-0.15, -0.1) is 11.6 Å². The van der Waals surface area contributed by atoms with Gasteiger partial charge in [-0.3, -0.25) is 38.5 Å². The number of ketones is 1. The second kappa shape index (κ2) is 27.4. The Morgan fingerprint density at radius 2 is 1.48 bits per heavy atom. The van der Waals surface area contributed by atoms with Crippen LogP contribution in [-0.2, 0) is 24.0 Å². The maximum absolute atomic E-state index is 14.5. The van der Waals surface area contributed by atoms with Crippen LogP contribution in [-0.4, -0.2) is 151 Å². The van der Waals surface area contributed by atoms with Crippen LogP contribution in [0, 0.1) is 5.92 Å². The molecule has 1 saturated heterocycles. The third-order valence-corrected chi connectivity index (χ3v) is 15.1. The van der Waals surface area contributed by atoms with Crippen molar-refractivity contribution in [1.29, 1.82) is 0 Å². The van der Waals surface area contributed by atoms with Crippen LogP contribution in [0.15, 0.2) is 91.0 Å². The summed E-state index contributed by atoms with van der Waals surface area (Å²) in [7, 11) is 2.02. The molecule has 3 atom stereocenters. The zero-order chi connectivity index (χ0) is 56.0. The molecule has 3 aliphatic rings. The second-order valence-corrected chi connectivity index (χ2v) is 20.7. The van der Waals surface area contributed by atoms with Crippen molar-refractivity contribution in [2.75, 3.05) is 93.9 Å². The highest BCUT2D eigenvalue weighted by atomic mass is 35.5. The minimum Gasteiger partial charge on any atom is -0.409 e. The monoisotopic (exact) mass is 1100 g/mol. The van der Waals surface area contributed by atoms with Crippen molar-refractivity contribution in [3.63, 3.8) is 0 Å². The summed E-state index contributed by atoms with van der Waals surface area (Å²) < 4.78 is 6.06. The maximum Gasteiger partial charge on any atom is 0.415 e. The van der Waals surface area contributed by atoms with E-state index in [1.165, 1.54) is 12.2 Å². The van der Waals surface area contributed by atoms with Crippen molar-refractivity contribution in [1.82, 2.24) is 30.3 Å². The van der Waals surface area contributed by atoms with Crippen LogP contribution in [0.3, 0.4) is 0 Å². The second-order valence-electron chi connectivity index (χ2n) is 20.3. The van der Waals surface area contributed by atoms with Gasteiger partial charge in [-0.05, 0) is 112 Å². The van der Waals surface area contributed by atoms with Crippen molar-refractivity contribution >= 4 is 97.7 Å². The number of imide groups is 1. The number of hydrogen-bond donors (Lipinski definition) is 7. The number of fused-ring (bicyclic) bond motifs is 4. The minimum absolute atomic E-state index is 0.0251. The molecule has 418 valence electrons. The summed E-state index contributed by atoms with van der Waals surface area (Å²) in [6.45, 7) is 4.50. The number of piperazine rings is 1. The van der Waals surface area contributed by atoms with Crippen LogP contribution in [0.5, 0.6) is 5.75 Å². The number of ether oxygens (including phenoxy) is 1. The van der Waals surface area contributed by atoms with Gasteiger partial charge in [0, 0.05) is 134 Å². The summed E-state index contributed by atoms with van der Waals surface area (Å²) in [6, 6.07) is 22.3. The average Bonchev–Trinajstić information content (AvgIpc) is 4.38. The number of carbonyl (C=O) groups excluding carboxylic acids is 8. The van der Waals surface area contributed by atoms with Gasteiger partial charge in [0.2, 0.25) is 11.8 Å². The lowest BCUT2D eigenvalue weighted by atomic mass is 9.91. The zero-order valence-electron chi connectivity index (χ0n) is 44.5. The van der Waals surface area contributed by atoms with Crippen molar-refractivity contribution < 1.29 is 43.1 Å². The summed E-state index contributed by atoms with van der Waals surface area (Å²) in [5, 5.41) is 14.2. The van der Waals surface area contributed by atoms with E-state index in [-0.39, 0.29) is 61.2 Å². The molecule has 21 heteroatoms. The summed E-state index contributed by atoms with van der Waals surface area (Å²) in [5.41, 5.74) is 15.3. The first-order valence-electron chi connectivity index (χ1n) is 27.1. The Labute approximate surface area is 463 Å². The first-order chi connectivity index (χ1) is 38.2. The van der Waals surface area contributed by atoms with E-state index in [9.17, 15) is 38.4 Å². The number of aromatic amines is 1. The van der Waals surface area contributed by atoms with E-state index in [0.29, 0.717) is 129 Å². The standard InChI is InChI=1S/C58H70ClN11O9/c1-67-27-29-68(30-28-67)58(78)79-50-34-48-54(44-11-3-2-10-43(44)50)40(35-59)36-70(48)57(77)47-32-39-31-42(18-19-45(39)66-47)65-55(75)37-14-16-41(17-15-37)64-56(76)38(9-4-6-22-60)33-49(71)46(12-5-7-23-61)62-24-25-63-51(72)13-8-26-69-52(73)20-21-53(69)74/h2-3,10-11,14-21,31-32,34,38,40,46,62,66H,4-9,12-13,22-30,33,35-36,60-61H2,1H3,(H,63,72)(H,64,76)(H,65,75)/t38-,40-,46+/m1/s1. The molecule has 0 bridgehead atoms. The van der Waals surface area contributed by atoms with Gasteiger partial charge in [0.15, 0.2) is 5.78 Å². The number of anilines is 3. The van der Waals surface area contributed by atoms with Crippen LogP contribution in [0.1, 0.15) is 90.1 Å². The van der Waals surface area contributed by atoms with E-state index in [1.807, 2.05) is 31.3 Å². The van der Waals surface area contributed by atoms with Crippen molar-refractivity contribution in [2.45, 2.75) is 69.7 Å². The van der Waals surface area contributed by atoms with Gasteiger partial charge in [0.05, 0.1) is 11.7 Å². The van der Waals surface area contributed by atoms with Crippen LogP contribution in [0.2, 0.25) is 0 Å². The third kappa shape index (κ3) is 14.6. The SMILES string of the molecule is CN1CCN(C(=O)Oc2cc3c(c4ccccc24)[C@H](CCl)CN3C(=O)c2cc3cc(NC(=O)c4ccc(NC(=O)[C@H](CCCCN)CC(=O)[C@H](CCCCN)NCCNC(=O)CCCN5C(=O)C=CC5=O)cc4)ccc3[nH]2)CC1. The molecule has 0 radical (unpaired) electrons. The largest absolute Gasteiger partial charge is 0.415 e. The molecule has 4 heterocycles. The molecule has 0 saturated carbocycles. The number of rotatable bonds is 26. The highest BCUT2D eigenvalue weighted by Crippen LogP contribution is 2.46. The molecule has 7 amide bonds. The van der Waals surface area contributed by atoms with Gasteiger partial charge >= 0.3 is 6.09 Å². The zero-order valence-corrected chi connectivity index (χ0v) is 45.3.